The van der Waals surface area contributed by atoms with Crippen molar-refractivity contribution in [3.8, 4) is 0 Å². The van der Waals surface area contributed by atoms with Crippen molar-refractivity contribution in [2.45, 2.75) is 45.6 Å². The van der Waals surface area contributed by atoms with Crippen molar-refractivity contribution in [2.24, 2.45) is 5.92 Å². The number of hydrogen-bond donors (Lipinski definition) is 0. The van der Waals surface area contributed by atoms with Gasteiger partial charge in [-0.15, -0.1) is 0 Å². The first-order chi connectivity index (χ1) is 17.5. The SMILES string of the molecule is CCC(C)N1C(=O)/C(=C/c2c(N3CCC(Cc4ccccc4)CC3)nc3ccccn3c2=O)SC1=S. The molecule has 1 unspecified atom stereocenters. The summed E-state index contributed by atoms with van der Waals surface area (Å²) in [5, 5.41) is 0. The largest absolute Gasteiger partial charge is 0.356 e. The number of amides is 1. The van der Waals surface area contributed by atoms with E-state index in [2.05, 4.69) is 29.2 Å². The summed E-state index contributed by atoms with van der Waals surface area (Å²) in [6.45, 7) is 5.67. The number of piperidine rings is 1. The Morgan fingerprint density at radius 1 is 1.11 bits per heavy atom. The quantitative estimate of drug-likeness (QED) is 0.332. The van der Waals surface area contributed by atoms with Crippen molar-refractivity contribution < 1.29 is 4.79 Å². The van der Waals surface area contributed by atoms with E-state index in [1.165, 1.54) is 17.3 Å². The van der Waals surface area contributed by atoms with Crippen molar-refractivity contribution >= 4 is 51.7 Å². The lowest BCUT2D eigenvalue weighted by atomic mass is 9.90. The number of pyridine rings is 1. The molecular formula is C28H30N4O2S2. The molecule has 2 aromatic heterocycles. The highest BCUT2D eigenvalue weighted by molar-refractivity contribution is 8.26. The monoisotopic (exact) mass is 518 g/mol. The highest BCUT2D eigenvalue weighted by Crippen LogP contribution is 2.35. The summed E-state index contributed by atoms with van der Waals surface area (Å²) in [5.74, 6) is 1.11. The van der Waals surface area contributed by atoms with E-state index in [1.54, 1.807) is 21.6 Å². The summed E-state index contributed by atoms with van der Waals surface area (Å²) in [7, 11) is 0. The fourth-order valence-electron chi connectivity index (χ4n) is 4.93. The van der Waals surface area contributed by atoms with Gasteiger partial charge in [-0.25, -0.2) is 4.98 Å². The van der Waals surface area contributed by atoms with E-state index in [1.807, 2.05) is 38.1 Å². The first kappa shape index (κ1) is 24.7. The molecule has 0 saturated carbocycles. The van der Waals surface area contributed by atoms with Crippen molar-refractivity contribution in [1.82, 2.24) is 14.3 Å². The zero-order chi connectivity index (χ0) is 25.2. The second kappa shape index (κ2) is 10.6. The molecule has 0 aliphatic carbocycles. The topological polar surface area (TPSA) is 57.9 Å². The third kappa shape index (κ3) is 4.84. The summed E-state index contributed by atoms with van der Waals surface area (Å²) in [6.07, 6.45) is 7.36. The summed E-state index contributed by atoms with van der Waals surface area (Å²) < 4.78 is 2.09. The molecule has 5 rings (SSSR count). The number of thioether (sulfide) groups is 1. The van der Waals surface area contributed by atoms with Crippen LogP contribution in [0.5, 0.6) is 0 Å². The average molecular weight is 519 g/mol. The van der Waals surface area contributed by atoms with Gasteiger partial charge < -0.3 is 4.90 Å². The standard InChI is InChI=1S/C28H30N4O2S2/c1-3-19(2)32-27(34)23(36-28(32)35)18-22-25(29-24-11-7-8-14-31(24)26(22)33)30-15-12-21(13-16-30)17-20-9-5-4-6-10-20/h4-11,14,18-19,21H,3,12-13,15-17H2,1-2H3/b23-18-. The number of rotatable bonds is 6. The van der Waals surface area contributed by atoms with Crippen LogP contribution in [0, 0.1) is 5.92 Å². The Morgan fingerprint density at radius 2 is 1.83 bits per heavy atom. The molecule has 2 saturated heterocycles. The molecule has 8 heteroatoms. The smallest absolute Gasteiger partial charge is 0.267 e. The molecule has 3 aromatic rings. The Bertz CT molecular complexity index is 1380. The fourth-order valence-corrected chi connectivity index (χ4v) is 6.37. The lowest BCUT2D eigenvalue weighted by Crippen LogP contribution is -2.37. The Kier molecular flexibility index (Phi) is 7.25. The molecule has 0 N–H and O–H groups in total. The zero-order valence-electron chi connectivity index (χ0n) is 20.6. The lowest BCUT2D eigenvalue weighted by molar-refractivity contribution is -0.123. The molecule has 6 nitrogen and oxygen atoms in total. The third-order valence-corrected chi connectivity index (χ3v) is 8.49. The van der Waals surface area contributed by atoms with Crippen LogP contribution in [0.3, 0.4) is 0 Å². The van der Waals surface area contributed by atoms with Gasteiger partial charge >= 0.3 is 0 Å². The molecule has 4 heterocycles. The van der Waals surface area contributed by atoms with Gasteiger partial charge in [0, 0.05) is 25.3 Å². The molecule has 1 aromatic carbocycles. The maximum Gasteiger partial charge on any atom is 0.267 e. The maximum atomic E-state index is 13.6. The molecule has 0 spiro atoms. The number of hydrogen-bond acceptors (Lipinski definition) is 6. The van der Waals surface area contributed by atoms with E-state index in [0.717, 1.165) is 38.8 Å². The van der Waals surface area contributed by atoms with E-state index in [-0.39, 0.29) is 17.5 Å². The van der Waals surface area contributed by atoms with Gasteiger partial charge in [0.2, 0.25) is 0 Å². The molecule has 186 valence electrons. The lowest BCUT2D eigenvalue weighted by Gasteiger charge is -2.33. The van der Waals surface area contributed by atoms with Crippen LogP contribution < -0.4 is 10.5 Å². The fraction of sp³-hybridized carbons (Fsp3) is 0.357. The van der Waals surface area contributed by atoms with E-state index < -0.39 is 0 Å². The summed E-state index contributed by atoms with van der Waals surface area (Å²) in [5.41, 5.74) is 2.25. The number of aromatic nitrogens is 2. The second-order valence-corrected chi connectivity index (χ2v) is 11.2. The number of thiocarbonyl (C=S) groups is 1. The van der Waals surface area contributed by atoms with E-state index in [4.69, 9.17) is 17.2 Å². The van der Waals surface area contributed by atoms with Crippen LogP contribution in [0.1, 0.15) is 44.2 Å². The Balaban J connectivity index is 1.47. The van der Waals surface area contributed by atoms with Gasteiger partial charge in [0.1, 0.15) is 15.8 Å². The van der Waals surface area contributed by atoms with Crippen LogP contribution in [0.15, 0.2) is 64.4 Å². The van der Waals surface area contributed by atoms with Crippen molar-refractivity contribution in [1.29, 1.82) is 0 Å². The number of benzene rings is 1. The summed E-state index contributed by atoms with van der Waals surface area (Å²) in [4.78, 5) is 36.1. The Morgan fingerprint density at radius 3 is 2.56 bits per heavy atom. The van der Waals surface area contributed by atoms with E-state index in [9.17, 15) is 9.59 Å². The molecule has 0 radical (unpaired) electrons. The average Bonchev–Trinajstić information content (AvgIpc) is 3.18. The number of fused-ring (bicyclic) bond motifs is 1. The van der Waals surface area contributed by atoms with Crippen LogP contribution in [0.2, 0.25) is 0 Å². The van der Waals surface area contributed by atoms with Crippen LogP contribution >= 0.6 is 24.0 Å². The third-order valence-electron chi connectivity index (χ3n) is 7.16. The molecule has 2 aliphatic heterocycles. The zero-order valence-corrected chi connectivity index (χ0v) is 22.2. The van der Waals surface area contributed by atoms with E-state index in [0.29, 0.717) is 32.2 Å². The van der Waals surface area contributed by atoms with Gasteiger partial charge in [-0.2, -0.15) is 0 Å². The van der Waals surface area contributed by atoms with Gasteiger partial charge in [0.05, 0.1) is 10.5 Å². The van der Waals surface area contributed by atoms with Crippen LogP contribution in [0.4, 0.5) is 5.82 Å². The number of carbonyl (C=O) groups is 1. The Labute approximate surface area is 221 Å². The van der Waals surface area contributed by atoms with Crippen LogP contribution in [-0.4, -0.2) is 43.6 Å². The van der Waals surface area contributed by atoms with Gasteiger partial charge in [0.25, 0.3) is 11.5 Å². The normalized spacial score (nSPS) is 19.0. The first-order valence-electron chi connectivity index (χ1n) is 12.5. The first-order valence-corrected chi connectivity index (χ1v) is 13.8. The van der Waals surface area contributed by atoms with E-state index >= 15 is 0 Å². The van der Waals surface area contributed by atoms with Crippen molar-refractivity contribution in [3.05, 3.63) is 81.1 Å². The summed E-state index contributed by atoms with van der Waals surface area (Å²) >= 11 is 6.77. The summed E-state index contributed by atoms with van der Waals surface area (Å²) in [6, 6.07) is 16.2. The van der Waals surface area contributed by atoms with Crippen molar-refractivity contribution in [2.75, 3.05) is 18.0 Å². The minimum Gasteiger partial charge on any atom is -0.356 e. The maximum absolute atomic E-state index is 13.6. The molecule has 36 heavy (non-hydrogen) atoms. The highest BCUT2D eigenvalue weighted by atomic mass is 32.2. The molecule has 1 amide bonds. The van der Waals surface area contributed by atoms with Gasteiger partial charge in [-0.1, -0.05) is 67.3 Å². The molecular weight excluding hydrogens is 488 g/mol. The minimum atomic E-state index is -0.171. The molecule has 2 fully saturated rings. The molecule has 0 bridgehead atoms. The van der Waals surface area contributed by atoms with Gasteiger partial charge in [-0.05, 0) is 62.3 Å². The second-order valence-electron chi connectivity index (χ2n) is 9.51. The molecule has 1 atom stereocenters. The van der Waals surface area contributed by atoms with Crippen LogP contribution in [0.25, 0.3) is 11.7 Å². The highest BCUT2D eigenvalue weighted by Gasteiger charge is 2.35. The van der Waals surface area contributed by atoms with Crippen molar-refractivity contribution in [3.63, 3.8) is 0 Å². The van der Waals surface area contributed by atoms with Gasteiger partial charge in [-0.3, -0.25) is 18.9 Å². The molecule has 2 aliphatic rings. The predicted octanol–water partition coefficient (Wildman–Crippen LogP) is 5.15. The number of anilines is 1. The Hall–Kier alpha value is -2.97. The predicted molar refractivity (Wildman–Crippen MR) is 151 cm³/mol. The number of nitrogens with zero attached hydrogens (tertiary/aromatic N) is 4. The number of carbonyl (C=O) groups excluding carboxylic acids is 1. The minimum absolute atomic E-state index is 0.0161. The van der Waals surface area contributed by atoms with Gasteiger partial charge in [0.15, 0.2) is 0 Å². The van der Waals surface area contributed by atoms with Crippen LogP contribution in [-0.2, 0) is 11.2 Å².